The van der Waals surface area contributed by atoms with Gasteiger partial charge in [0, 0.05) is 11.1 Å². The number of benzene rings is 2. The van der Waals surface area contributed by atoms with Crippen molar-refractivity contribution in [3.05, 3.63) is 71.3 Å². The Kier molecular flexibility index (Phi) is 4.02. The molecule has 0 aliphatic rings. The fourth-order valence-corrected chi connectivity index (χ4v) is 1.40. The molecule has 0 spiro atoms. The third-order valence-corrected chi connectivity index (χ3v) is 2.35. The predicted molar refractivity (Wildman–Crippen MR) is 65.2 cm³/mol. The van der Waals surface area contributed by atoms with E-state index >= 15 is 0 Å². The average molecular weight is 247 g/mol. The van der Waals surface area contributed by atoms with E-state index in [9.17, 15) is 8.78 Å². The molecule has 0 saturated heterocycles. The van der Waals surface area contributed by atoms with E-state index < -0.39 is 0 Å². The molecule has 2 aromatic carbocycles. The maximum Gasteiger partial charge on any atom is 0.145 e. The highest BCUT2D eigenvalue weighted by molar-refractivity contribution is 5.79. The summed E-state index contributed by atoms with van der Waals surface area (Å²) in [6.07, 6.45) is 1.26. The van der Waals surface area contributed by atoms with E-state index in [0.29, 0.717) is 11.1 Å². The summed E-state index contributed by atoms with van der Waals surface area (Å²) in [4.78, 5) is 4.92. The van der Waals surface area contributed by atoms with Gasteiger partial charge < -0.3 is 4.84 Å². The molecule has 0 N–H and O–H groups in total. The van der Waals surface area contributed by atoms with Crippen molar-refractivity contribution >= 4 is 6.21 Å². The summed E-state index contributed by atoms with van der Waals surface area (Å²) in [5, 5.41) is 3.61. The molecule has 2 nitrogen and oxygen atoms in total. The molecule has 0 heterocycles. The molecule has 0 aliphatic carbocycles. The Bertz CT molecular complexity index is 555. The van der Waals surface area contributed by atoms with Crippen LogP contribution in [0.3, 0.4) is 0 Å². The van der Waals surface area contributed by atoms with Crippen LogP contribution < -0.4 is 0 Å². The fraction of sp³-hybridized carbons (Fsp3) is 0.0714. The van der Waals surface area contributed by atoms with Crippen LogP contribution in [-0.4, -0.2) is 6.21 Å². The van der Waals surface area contributed by atoms with Gasteiger partial charge in [-0.05, 0) is 12.1 Å². The first-order valence-electron chi connectivity index (χ1n) is 5.40. The minimum Gasteiger partial charge on any atom is -0.391 e. The standard InChI is InChI=1S/C14H11F2NO/c15-13-7-3-1-5-11(13)9-17-18-10-12-6-2-4-8-14(12)16/h1-9H,10H2. The highest BCUT2D eigenvalue weighted by Crippen LogP contribution is 2.08. The molecule has 0 aliphatic heterocycles. The smallest absolute Gasteiger partial charge is 0.145 e. The highest BCUT2D eigenvalue weighted by atomic mass is 19.1. The number of rotatable bonds is 4. The van der Waals surface area contributed by atoms with Crippen molar-refractivity contribution in [3.63, 3.8) is 0 Å². The molecule has 2 rings (SSSR count). The lowest BCUT2D eigenvalue weighted by Crippen LogP contribution is -1.93. The van der Waals surface area contributed by atoms with Crippen LogP contribution in [0.1, 0.15) is 11.1 Å². The number of hydrogen-bond donors (Lipinski definition) is 0. The predicted octanol–water partition coefficient (Wildman–Crippen LogP) is 3.52. The Hall–Kier alpha value is -2.23. The Labute approximate surface area is 104 Å². The van der Waals surface area contributed by atoms with Crippen LogP contribution in [0.2, 0.25) is 0 Å². The van der Waals surface area contributed by atoms with Crippen molar-refractivity contribution in [1.29, 1.82) is 0 Å². The second kappa shape index (κ2) is 5.91. The maximum atomic E-state index is 13.2. The normalized spacial score (nSPS) is 10.8. The van der Waals surface area contributed by atoms with E-state index in [2.05, 4.69) is 5.16 Å². The number of halogens is 2. The Morgan fingerprint density at radius 1 is 0.944 bits per heavy atom. The number of nitrogens with zero attached hydrogens (tertiary/aromatic N) is 1. The van der Waals surface area contributed by atoms with Crippen molar-refractivity contribution in [2.24, 2.45) is 5.16 Å². The van der Waals surface area contributed by atoms with Gasteiger partial charge in [-0.3, -0.25) is 0 Å². The van der Waals surface area contributed by atoms with Crippen molar-refractivity contribution in [1.82, 2.24) is 0 Å². The zero-order valence-electron chi connectivity index (χ0n) is 9.51. The highest BCUT2D eigenvalue weighted by Gasteiger charge is 2.00. The molecule has 0 bridgehead atoms. The first kappa shape index (κ1) is 12.2. The molecule has 4 heteroatoms. The maximum absolute atomic E-state index is 13.2. The van der Waals surface area contributed by atoms with Crippen LogP contribution in [0.4, 0.5) is 8.78 Å². The van der Waals surface area contributed by atoms with Gasteiger partial charge in [-0.2, -0.15) is 0 Å². The Morgan fingerprint density at radius 3 is 2.33 bits per heavy atom. The van der Waals surface area contributed by atoms with Crippen LogP contribution in [0.5, 0.6) is 0 Å². The molecule has 0 atom stereocenters. The first-order chi connectivity index (χ1) is 8.77. The molecule has 0 unspecified atom stereocenters. The Balaban J connectivity index is 1.93. The van der Waals surface area contributed by atoms with E-state index in [-0.39, 0.29) is 18.2 Å². The topological polar surface area (TPSA) is 21.6 Å². The zero-order valence-corrected chi connectivity index (χ0v) is 9.51. The summed E-state index contributed by atoms with van der Waals surface area (Å²) in [6.45, 7) is 0.0115. The van der Waals surface area contributed by atoms with Crippen molar-refractivity contribution in [2.45, 2.75) is 6.61 Å². The van der Waals surface area contributed by atoms with Crippen LogP contribution in [-0.2, 0) is 11.4 Å². The van der Waals surface area contributed by atoms with E-state index in [1.165, 1.54) is 18.3 Å². The van der Waals surface area contributed by atoms with Crippen LogP contribution >= 0.6 is 0 Å². The summed E-state index contributed by atoms with van der Waals surface area (Å²) in [5.41, 5.74) is 0.731. The van der Waals surface area contributed by atoms with E-state index in [1.807, 2.05) is 0 Å². The van der Waals surface area contributed by atoms with Crippen LogP contribution in [0.15, 0.2) is 53.7 Å². The minimum atomic E-state index is -0.379. The third kappa shape index (κ3) is 3.13. The summed E-state index contributed by atoms with van der Waals surface area (Å²) in [7, 11) is 0. The van der Waals surface area contributed by atoms with Gasteiger partial charge in [-0.25, -0.2) is 8.78 Å². The van der Waals surface area contributed by atoms with Crippen molar-refractivity contribution in [3.8, 4) is 0 Å². The molecule has 0 amide bonds. The minimum absolute atomic E-state index is 0.0115. The molecular formula is C14H11F2NO. The quantitative estimate of drug-likeness (QED) is 0.598. The lowest BCUT2D eigenvalue weighted by Gasteiger charge is -2.01. The molecule has 0 aromatic heterocycles. The van der Waals surface area contributed by atoms with Gasteiger partial charge in [0.1, 0.15) is 18.2 Å². The van der Waals surface area contributed by atoms with E-state index in [4.69, 9.17) is 4.84 Å². The van der Waals surface area contributed by atoms with Gasteiger partial charge in [-0.15, -0.1) is 0 Å². The molecule has 0 saturated carbocycles. The molecule has 92 valence electrons. The number of oxime groups is 1. The first-order valence-corrected chi connectivity index (χ1v) is 5.40. The second-order valence-electron chi connectivity index (χ2n) is 3.62. The van der Waals surface area contributed by atoms with Crippen molar-refractivity contribution in [2.75, 3.05) is 0 Å². The molecule has 2 aromatic rings. The van der Waals surface area contributed by atoms with Gasteiger partial charge in [0.2, 0.25) is 0 Å². The van der Waals surface area contributed by atoms with Crippen molar-refractivity contribution < 1.29 is 13.6 Å². The summed E-state index contributed by atoms with van der Waals surface area (Å²) in [6, 6.07) is 12.5. The molecule has 0 fully saturated rings. The summed E-state index contributed by atoms with van der Waals surface area (Å²) >= 11 is 0. The van der Waals surface area contributed by atoms with Gasteiger partial charge >= 0.3 is 0 Å². The lowest BCUT2D eigenvalue weighted by molar-refractivity contribution is 0.129. The summed E-state index contributed by atoms with van der Waals surface area (Å²) in [5.74, 6) is -0.727. The molecule has 0 radical (unpaired) electrons. The monoisotopic (exact) mass is 247 g/mol. The van der Waals surface area contributed by atoms with E-state index in [1.54, 1.807) is 36.4 Å². The van der Waals surface area contributed by atoms with Gasteiger partial charge in [0.25, 0.3) is 0 Å². The zero-order chi connectivity index (χ0) is 12.8. The van der Waals surface area contributed by atoms with Gasteiger partial charge in [0.15, 0.2) is 0 Å². The largest absolute Gasteiger partial charge is 0.391 e. The third-order valence-electron chi connectivity index (χ3n) is 2.35. The molecule has 18 heavy (non-hydrogen) atoms. The molecular weight excluding hydrogens is 236 g/mol. The van der Waals surface area contributed by atoms with E-state index in [0.717, 1.165) is 0 Å². The van der Waals surface area contributed by atoms with Gasteiger partial charge in [-0.1, -0.05) is 41.6 Å². The SMILES string of the molecule is Fc1ccccc1C=NOCc1ccccc1F. The fourth-order valence-electron chi connectivity index (χ4n) is 1.40. The van der Waals surface area contributed by atoms with Gasteiger partial charge in [0.05, 0.1) is 6.21 Å². The average Bonchev–Trinajstić information content (AvgIpc) is 2.38. The second-order valence-corrected chi connectivity index (χ2v) is 3.62. The van der Waals surface area contributed by atoms with Crippen LogP contribution in [0.25, 0.3) is 0 Å². The number of hydrogen-bond acceptors (Lipinski definition) is 2. The van der Waals surface area contributed by atoms with Crippen LogP contribution in [0, 0.1) is 11.6 Å². The lowest BCUT2D eigenvalue weighted by atomic mass is 10.2. The summed E-state index contributed by atoms with van der Waals surface area (Å²) < 4.78 is 26.4. The Morgan fingerprint density at radius 2 is 1.61 bits per heavy atom.